The number of halogens is 1. The maximum absolute atomic E-state index is 14.4. The van der Waals surface area contributed by atoms with E-state index < -0.39 is 28.7 Å². The smallest absolute Gasteiger partial charge is 0.352 e. The van der Waals surface area contributed by atoms with Gasteiger partial charge in [0, 0.05) is 13.2 Å². The van der Waals surface area contributed by atoms with Crippen molar-refractivity contribution in [3.8, 4) is 5.69 Å². The summed E-state index contributed by atoms with van der Waals surface area (Å²) < 4.78 is 21.5. The van der Waals surface area contributed by atoms with Crippen LogP contribution in [-0.2, 0) is 11.3 Å². The zero-order chi connectivity index (χ0) is 21.8. The molecule has 2 aromatic carbocycles. The first-order valence-corrected chi connectivity index (χ1v) is 9.97. The lowest BCUT2D eigenvalue weighted by Crippen LogP contribution is -2.46. The molecular formula is C22H21FN4O4. The number of hydrogen-bond donors (Lipinski definition) is 1. The maximum Gasteiger partial charge on any atom is 0.352 e. The van der Waals surface area contributed by atoms with Gasteiger partial charge in [0.05, 0.1) is 12.6 Å². The number of carbonyl (C=O) groups excluding carboxylic acids is 1. The highest BCUT2D eigenvalue weighted by Gasteiger charge is 2.23. The van der Waals surface area contributed by atoms with Crippen LogP contribution in [0.25, 0.3) is 5.69 Å². The van der Waals surface area contributed by atoms with E-state index in [-0.39, 0.29) is 24.9 Å². The second-order valence-electron chi connectivity index (χ2n) is 7.22. The fourth-order valence-corrected chi connectivity index (χ4v) is 3.44. The van der Waals surface area contributed by atoms with E-state index in [1.54, 1.807) is 30.3 Å². The van der Waals surface area contributed by atoms with E-state index in [0.29, 0.717) is 12.2 Å². The normalized spacial score (nSPS) is 15.7. The van der Waals surface area contributed by atoms with E-state index in [1.807, 2.05) is 0 Å². The lowest BCUT2D eigenvalue weighted by Gasteiger charge is -2.14. The summed E-state index contributed by atoms with van der Waals surface area (Å²) in [5, 5.41) is 6.56. The fourth-order valence-electron chi connectivity index (χ4n) is 3.44. The summed E-state index contributed by atoms with van der Waals surface area (Å²) in [4.78, 5) is 38.8. The lowest BCUT2D eigenvalue weighted by molar-refractivity contribution is 0.0849. The minimum Gasteiger partial charge on any atom is -0.376 e. The number of benzene rings is 2. The number of carbonyl (C=O) groups is 1. The Kier molecular flexibility index (Phi) is 6.03. The van der Waals surface area contributed by atoms with E-state index >= 15 is 0 Å². The van der Waals surface area contributed by atoms with Crippen LogP contribution in [-0.4, -0.2) is 39.5 Å². The summed E-state index contributed by atoms with van der Waals surface area (Å²) in [6.45, 7) is 0.764. The number of nitrogens with zero attached hydrogens (tertiary/aromatic N) is 3. The van der Waals surface area contributed by atoms with Gasteiger partial charge in [0.1, 0.15) is 11.5 Å². The minimum absolute atomic E-state index is 0.0818. The molecule has 9 heteroatoms. The molecule has 1 atom stereocenters. The molecule has 4 rings (SSSR count). The molecule has 1 fully saturated rings. The Morgan fingerprint density at radius 1 is 1.13 bits per heavy atom. The molecule has 1 N–H and O–H groups in total. The number of ether oxygens (including phenoxy) is 1. The average Bonchev–Trinajstić information content (AvgIpc) is 3.30. The van der Waals surface area contributed by atoms with Crippen molar-refractivity contribution in [3.05, 3.63) is 92.5 Å². The molecule has 0 unspecified atom stereocenters. The highest BCUT2D eigenvalue weighted by molar-refractivity contribution is 5.91. The van der Waals surface area contributed by atoms with E-state index in [9.17, 15) is 18.8 Å². The van der Waals surface area contributed by atoms with Crippen molar-refractivity contribution in [3.63, 3.8) is 0 Å². The van der Waals surface area contributed by atoms with Gasteiger partial charge in [-0.3, -0.25) is 14.2 Å². The van der Waals surface area contributed by atoms with Gasteiger partial charge in [-0.1, -0.05) is 42.5 Å². The van der Waals surface area contributed by atoms with E-state index in [0.717, 1.165) is 22.1 Å². The number of hydrogen-bond acceptors (Lipinski definition) is 5. The fraction of sp³-hybridized carbons (Fsp3) is 0.273. The molecule has 1 saturated heterocycles. The number of nitrogens with one attached hydrogen (secondary N) is 1. The molecule has 31 heavy (non-hydrogen) atoms. The summed E-state index contributed by atoms with van der Waals surface area (Å²) in [6, 6.07) is 14.4. The molecule has 2 heterocycles. The van der Waals surface area contributed by atoms with Gasteiger partial charge in [0.2, 0.25) is 5.69 Å². The van der Waals surface area contributed by atoms with Crippen LogP contribution in [0.4, 0.5) is 4.39 Å². The third kappa shape index (κ3) is 4.46. The lowest BCUT2D eigenvalue weighted by atomic mass is 10.2. The summed E-state index contributed by atoms with van der Waals surface area (Å²) in [5.41, 5.74) is -1.64. The first-order chi connectivity index (χ1) is 15.0. The summed E-state index contributed by atoms with van der Waals surface area (Å²) in [5.74, 6) is -1.44. The largest absolute Gasteiger partial charge is 0.376 e. The van der Waals surface area contributed by atoms with Gasteiger partial charge in [-0.15, -0.1) is 0 Å². The Labute approximate surface area is 176 Å². The second-order valence-corrected chi connectivity index (χ2v) is 7.22. The first-order valence-electron chi connectivity index (χ1n) is 9.97. The number of aromatic nitrogens is 3. The van der Waals surface area contributed by atoms with Gasteiger partial charge < -0.3 is 10.1 Å². The Morgan fingerprint density at radius 3 is 2.58 bits per heavy atom. The van der Waals surface area contributed by atoms with Gasteiger partial charge in [-0.2, -0.15) is 9.78 Å². The molecule has 160 valence electrons. The van der Waals surface area contributed by atoms with Crippen LogP contribution < -0.4 is 16.6 Å². The average molecular weight is 424 g/mol. The third-order valence-electron chi connectivity index (χ3n) is 5.05. The molecule has 0 radical (unpaired) electrons. The van der Waals surface area contributed by atoms with Crippen molar-refractivity contribution < 1.29 is 13.9 Å². The Balaban J connectivity index is 1.78. The van der Waals surface area contributed by atoms with Crippen LogP contribution in [0.2, 0.25) is 0 Å². The van der Waals surface area contributed by atoms with E-state index in [2.05, 4.69) is 10.4 Å². The molecule has 1 aliphatic rings. The minimum atomic E-state index is -0.841. The van der Waals surface area contributed by atoms with Crippen molar-refractivity contribution in [2.75, 3.05) is 13.2 Å². The third-order valence-corrected chi connectivity index (χ3v) is 5.05. The first kappa shape index (κ1) is 20.7. The predicted molar refractivity (Wildman–Crippen MR) is 111 cm³/mol. The van der Waals surface area contributed by atoms with Gasteiger partial charge in [0.15, 0.2) is 0 Å². The zero-order valence-electron chi connectivity index (χ0n) is 16.7. The quantitative estimate of drug-likeness (QED) is 0.647. The molecule has 0 bridgehead atoms. The van der Waals surface area contributed by atoms with Crippen molar-refractivity contribution in [2.45, 2.75) is 25.5 Å². The van der Waals surface area contributed by atoms with Crippen LogP contribution in [0.5, 0.6) is 0 Å². The molecule has 0 aliphatic carbocycles. The monoisotopic (exact) mass is 424 g/mol. The summed E-state index contributed by atoms with van der Waals surface area (Å²) in [6.07, 6.45) is 1.58. The van der Waals surface area contributed by atoms with Crippen molar-refractivity contribution in [1.29, 1.82) is 0 Å². The van der Waals surface area contributed by atoms with E-state index in [1.165, 1.54) is 24.3 Å². The maximum atomic E-state index is 14.4. The Bertz CT molecular complexity index is 1200. The Morgan fingerprint density at radius 2 is 1.87 bits per heavy atom. The van der Waals surface area contributed by atoms with Crippen molar-refractivity contribution in [1.82, 2.24) is 19.7 Å². The summed E-state index contributed by atoms with van der Waals surface area (Å²) in [7, 11) is 0. The number of rotatable bonds is 6. The van der Waals surface area contributed by atoms with Crippen LogP contribution >= 0.6 is 0 Å². The predicted octanol–water partition coefficient (Wildman–Crippen LogP) is 1.49. The van der Waals surface area contributed by atoms with Crippen LogP contribution in [0.3, 0.4) is 0 Å². The van der Waals surface area contributed by atoms with Crippen molar-refractivity contribution >= 4 is 5.91 Å². The number of amides is 1. The molecule has 8 nitrogen and oxygen atoms in total. The van der Waals surface area contributed by atoms with E-state index in [4.69, 9.17) is 4.74 Å². The van der Waals surface area contributed by atoms with Gasteiger partial charge in [-0.05, 0) is 30.5 Å². The zero-order valence-corrected chi connectivity index (χ0v) is 16.7. The molecule has 0 saturated carbocycles. The van der Waals surface area contributed by atoms with Crippen molar-refractivity contribution in [2.24, 2.45) is 0 Å². The molecule has 0 spiro atoms. The SMILES string of the molecule is O=C(NC[C@H]1CCCO1)c1nn(-c2ccccc2F)c(=O)n(Cc2ccccc2)c1=O. The topological polar surface area (TPSA) is 95.2 Å². The van der Waals surface area contributed by atoms with Crippen LogP contribution in [0.15, 0.2) is 64.2 Å². The highest BCUT2D eigenvalue weighted by Crippen LogP contribution is 2.11. The second kappa shape index (κ2) is 9.05. The molecule has 3 aromatic rings. The molecule has 1 aliphatic heterocycles. The Hall–Kier alpha value is -3.59. The standard InChI is InChI=1S/C22H21FN4O4/c23-17-10-4-5-11-18(17)27-22(30)26(14-15-7-2-1-3-8-15)21(29)19(25-27)20(28)24-13-16-9-6-12-31-16/h1-5,7-8,10-11,16H,6,9,12-14H2,(H,24,28)/t16-/m1/s1. The van der Waals surface area contributed by atoms with Gasteiger partial charge >= 0.3 is 5.69 Å². The molecular weight excluding hydrogens is 403 g/mol. The highest BCUT2D eigenvalue weighted by atomic mass is 19.1. The number of para-hydroxylation sites is 1. The molecule has 1 aromatic heterocycles. The molecule has 1 amide bonds. The van der Waals surface area contributed by atoms with Gasteiger partial charge in [-0.25, -0.2) is 9.18 Å². The van der Waals surface area contributed by atoms with Crippen LogP contribution in [0, 0.1) is 5.82 Å². The van der Waals surface area contributed by atoms with Crippen LogP contribution in [0.1, 0.15) is 28.9 Å². The summed E-state index contributed by atoms with van der Waals surface area (Å²) >= 11 is 0. The van der Waals surface area contributed by atoms with Gasteiger partial charge in [0.25, 0.3) is 11.5 Å².